The van der Waals surface area contributed by atoms with E-state index in [1.165, 1.54) is 25.7 Å². The lowest BCUT2D eigenvalue weighted by molar-refractivity contribution is 0.370. The molecule has 128 valence electrons. The smallest absolute Gasteiger partial charge is 0.224 e. The molecule has 2 aromatic rings. The molecule has 24 heavy (non-hydrogen) atoms. The van der Waals surface area contributed by atoms with Gasteiger partial charge in [-0.05, 0) is 57.7 Å². The highest BCUT2D eigenvalue weighted by atomic mass is 15.2. The molecule has 0 amide bonds. The topological polar surface area (TPSA) is 66.0 Å². The fourth-order valence-electron chi connectivity index (χ4n) is 3.80. The van der Waals surface area contributed by atoms with Crippen LogP contribution in [0.3, 0.4) is 0 Å². The van der Waals surface area contributed by atoms with E-state index in [1.807, 2.05) is 6.20 Å². The van der Waals surface area contributed by atoms with Crippen molar-refractivity contribution in [1.29, 1.82) is 0 Å². The van der Waals surface area contributed by atoms with Crippen LogP contribution in [0.2, 0.25) is 0 Å². The second-order valence-electron chi connectivity index (χ2n) is 6.95. The number of nitrogens with zero attached hydrogens (tertiary/aromatic N) is 4. The van der Waals surface area contributed by atoms with Crippen LogP contribution >= 0.6 is 0 Å². The molecule has 0 spiro atoms. The SMILES string of the molecule is CNC1CCC(Nc2ncc3ccc(N4CCCC4)nc3n2)CC1. The van der Waals surface area contributed by atoms with Crippen molar-refractivity contribution >= 4 is 22.8 Å². The number of nitrogens with one attached hydrogen (secondary N) is 2. The number of pyridine rings is 1. The van der Waals surface area contributed by atoms with Gasteiger partial charge in [0.05, 0.1) is 0 Å². The fourth-order valence-corrected chi connectivity index (χ4v) is 3.80. The Hall–Kier alpha value is -1.95. The summed E-state index contributed by atoms with van der Waals surface area (Å²) in [6, 6.07) is 5.29. The van der Waals surface area contributed by atoms with Crippen molar-refractivity contribution in [2.24, 2.45) is 0 Å². The minimum Gasteiger partial charge on any atom is -0.357 e. The third kappa shape index (κ3) is 3.29. The van der Waals surface area contributed by atoms with Gasteiger partial charge in [-0.3, -0.25) is 0 Å². The van der Waals surface area contributed by atoms with Crippen LogP contribution in [0, 0.1) is 0 Å². The van der Waals surface area contributed by atoms with Crippen LogP contribution in [0.25, 0.3) is 11.0 Å². The summed E-state index contributed by atoms with van der Waals surface area (Å²) in [4.78, 5) is 16.2. The van der Waals surface area contributed by atoms with Crippen molar-refractivity contribution in [3.63, 3.8) is 0 Å². The Morgan fingerprint density at radius 3 is 2.50 bits per heavy atom. The van der Waals surface area contributed by atoms with Gasteiger partial charge >= 0.3 is 0 Å². The van der Waals surface area contributed by atoms with E-state index < -0.39 is 0 Å². The fraction of sp³-hybridized carbons (Fsp3) is 0.611. The van der Waals surface area contributed by atoms with E-state index in [0.717, 1.165) is 42.8 Å². The number of rotatable bonds is 4. The summed E-state index contributed by atoms with van der Waals surface area (Å²) in [6.45, 7) is 2.20. The zero-order chi connectivity index (χ0) is 16.4. The first kappa shape index (κ1) is 15.6. The van der Waals surface area contributed by atoms with Crippen LogP contribution in [0.1, 0.15) is 38.5 Å². The lowest BCUT2D eigenvalue weighted by Crippen LogP contribution is -2.35. The van der Waals surface area contributed by atoms with Gasteiger partial charge in [-0.15, -0.1) is 0 Å². The molecule has 2 N–H and O–H groups in total. The largest absolute Gasteiger partial charge is 0.357 e. The van der Waals surface area contributed by atoms with Crippen molar-refractivity contribution in [3.05, 3.63) is 18.3 Å². The molecule has 0 aromatic carbocycles. The second-order valence-corrected chi connectivity index (χ2v) is 6.95. The first-order valence-electron chi connectivity index (χ1n) is 9.14. The summed E-state index contributed by atoms with van der Waals surface area (Å²) in [7, 11) is 2.05. The molecule has 6 heteroatoms. The molecular weight excluding hydrogens is 300 g/mol. The lowest BCUT2D eigenvalue weighted by Gasteiger charge is -2.28. The molecule has 0 unspecified atom stereocenters. The van der Waals surface area contributed by atoms with E-state index in [2.05, 4.69) is 44.7 Å². The Kier molecular flexibility index (Phi) is 4.47. The Balaban J connectivity index is 1.49. The van der Waals surface area contributed by atoms with Gasteiger partial charge in [0.2, 0.25) is 5.95 Å². The lowest BCUT2D eigenvalue weighted by atomic mass is 9.91. The van der Waals surface area contributed by atoms with E-state index in [9.17, 15) is 0 Å². The minimum atomic E-state index is 0.466. The van der Waals surface area contributed by atoms with Gasteiger partial charge < -0.3 is 15.5 Å². The summed E-state index contributed by atoms with van der Waals surface area (Å²) >= 11 is 0. The summed E-state index contributed by atoms with van der Waals surface area (Å²) in [5, 5.41) is 7.88. The first-order valence-corrected chi connectivity index (χ1v) is 9.14. The predicted octanol–water partition coefficient (Wildman–Crippen LogP) is 2.57. The van der Waals surface area contributed by atoms with Crippen molar-refractivity contribution in [1.82, 2.24) is 20.3 Å². The minimum absolute atomic E-state index is 0.466. The molecule has 2 aliphatic rings. The van der Waals surface area contributed by atoms with Crippen molar-refractivity contribution in [3.8, 4) is 0 Å². The van der Waals surface area contributed by atoms with Gasteiger partial charge in [-0.2, -0.15) is 4.98 Å². The summed E-state index contributed by atoms with van der Waals surface area (Å²) in [6.07, 6.45) is 9.13. The average molecular weight is 326 g/mol. The van der Waals surface area contributed by atoms with Gasteiger partial charge in [0, 0.05) is 36.8 Å². The van der Waals surface area contributed by atoms with E-state index >= 15 is 0 Å². The first-order chi connectivity index (χ1) is 11.8. The third-order valence-corrected chi connectivity index (χ3v) is 5.33. The molecule has 0 bridgehead atoms. The van der Waals surface area contributed by atoms with Gasteiger partial charge in [-0.25, -0.2) is 9.97 Å². The quantitative estimate of drug-likeness (QED) is 0.900. The van der Waals surface area contributed by atoms with E-state index in [0.29, 0.717) is 18.0 Å². The maximum absolute atomic E-state index is 4.76. The molecule has 1 aliphatic carbocycles. The van der Waals surface area contributed by atoms with Crippen molar-refractivity contribution in [2.75, 3.05) is 30.4 Å². The standard InChI is InChI=1S/C18H26N6/c1-19-14-5-7-15(8-6-14)21-18-20-12-13-4-9-16(22-17(13)23-18)24-10-2-3-11-24/h4,9,12,14-15,19H,2-3,5-8,10-11H2,1H3,(H,20,21,22,23). The molecule has 3 heterocycles. The highest BCUT2D eigenvalue weighted by molar-refractivity contribution is 5.76. The van der Waals surface area contributed by atoms with Crippen LogP contribution in [0.4, 0.5) is 11.8 Å². The van der Waals surface area contributed by atoms with Gasteiger partial charge in [0.25, 0.3) is 0 Å². The molecule has 1 saturated heterocycles. The molecule has 4 rings (SSSR count). The monoisotopic (exact) mass is 326 g/mol. The van der Waals surface area contributed by atoms with Crippen LogP contribution in [-0.4, -0.2) is 47.2 Å². The molecule has 1 aliphatic heterocycles. The number of aromatic nitrogens is 3. The molecule has 2 aromatic heterocycles. The number of anilines is 2. The maximum Gasteiger partial charge on any atom is 0.224 e. The van der Waals surface area contributed by atoms with Gasteiger partial charge in [-0.1, -0.05) is 0 Å². The van der Waals surface area contributed by atoms with Crippen LogP contribution in [-0.2, 0) is 0 Å². The van der Waals surface area contributed by atoms with E-state index in [1.54, 1.807) is 0 Å². The highest BCUT2D eigenvalue weighted by Crippen LogP contribution is 2.23. The van der Waals surface area contributed by atoms with Crippen LogP contribution in [0.15, 0.2) is 18.3 Å². The van der Waals surface area contributed by atoms with Crippen molar-refractivity contribution in [2.45, 2.75) is 50.6 Å². The number of fused-ring (bicyclic) bond motifs is 1. The zero-order valence-electron chi connectivity index (χ0n) is 14.3. The van der Waals surface area contributed by atoms with Crippen molar-refractivity contribution < 1.29 is 0 Å². The molecular formula is C18H26N6. The van der Waals surface area contributed by atoms with Crippen LogP contribution in [0.5, 0.6) is 0 Å². The van der Waals surface area contributed by atoms with Gasteiger partial charge in [0.1, 0.15) is 5.82 Å². The third-order valence-electron chi connectivity index (χ3n) is 5.33. The summed E-state index contributed by atoms with van der Waals surface area (Å²) in [5.41, 5.74) is 0.792. The normalized spacial score (nSPS) is 24.5. The Morgan fingerprint density at radius 2 is 1.75 bits per heavy atom. The molecule has 6 nitrogen and oxygen atoms in total. The number of hydrogen-bond acceptors (Lipinski definition) is 6. The Labute approximate surface area is 143 Å². The molecule has 0 radical (unpaired) electrons. The zero-order valence-corrected chi connectivity index (χ0v) is 14.3. The molecule has 2 fully saturated rings. The molecule has 0 atom stereocenters. The van der Waals surface area contributed by atoms with E-state index in [-0.39, 0.29) is 0 Å². The van der Waals surface area contributed by atoms with Gasteiger partial charge in [0.15, 0.2) is 5.65 Å². The Morgan fingerprint density at radius 1 is 1.00 bits per heavy atom. The average Bonchev–Trinajstić information content (AvgIpc) is 3.16. The highest BCUT2D eigenvalue weighted by Gasteiger charge is 2.20. The second kappa shape index (κ2) is 6.89. The summed E-state index contributed by atoms with van der Waals surface area (Å²) < 4.78 is 0. The predicted molar refractivity (Wildman–Crippen MR) is 97.5 cm³/mol. The number of hydrogen-bond donors (Lipinski definition) is 2. The Bertz CT molecular complexity index is 689. The van der Waals surface area contributed by atoms with E-state index in [4.69, 9.17) is 4.98 Å². The molecule has 1 saturated carbocycles. The summed E-state index contributed by atoms with van der Waals surface area (Å²) in [5.74, 6) is 1.75. The maximum atomic E-state index is 4.76. The van der Waals surface area contributed by atoms with Crippen LogP contribution < -0.4 is 15.5 Å².